The molecule has 0 radical (unpaired) electrons. The van der Waals surface area contributed by atoms with Crippen molar-refractivity contribution in [2.24, 2.45) is 0 Å². The van der Waals surface area contributed by atoms with E-state index < -0.39 is 47.0 Å². The van der Waals surface area contributed by atoms with E-state index in [4.69, 9.17) is 14.2 Å². The molecule has 0 aliphatic carbocycles. The van der Waals surface area contributed by atoms with E-state index in [1.807, 2.05) is 114 Å². The Morgan fingerprint density at radius 3 is 1.75 bits per heavy atom. The number of methoxy groups -OCH3 is 2. The molecule has 1 aliphatic heterocycles. The van der Waals surface area contributed by atoms with Crippen molar-refractivity contribution in [2.75, 3.05) is 20.8 Å². The molecule has 208 valence electrons. The first-order chi connectivity index (χ1) is 19.3. The van der Waals surface area contributed by atoms with Crippen LogP contribution in [0.2, 0.25) is 0 Å². The lowest BCUT2D eigenvalue weighted by atomic mass is 9.59. The van der Waals surface area contributed by atoms with E-state index >= 15 is 0 Å². The van der Waals surface area contributed by atoms with E-state index in [0.29, 0.717) is 16.7 Å². The molecule has 5 rings (SSSR count). The second-order valence-corrected chi connectivity index (χ2v) is 10.6. The van der Waals surface area contributed by atoms with E-state index in [1.165, 1.54) is 25.0 Å². The Balaban J connectivity index is 2.13. The zero-order valence-electron chi connectivity index (χ0n) is 21.9. The molecule has 3 aromatic carbocycles. The maximum Gasteiger partial charge on any atom is 0.330 e. The fraction of sp³-hybridized carbons (Fsp3) is 0.267. The summed E-state index contributed by atoms with van der Waals surface area (Å²) in [5.41, 5.74) is -2.94. The van der Waals surface area contributed by atoms with Crippen molar-refractivity contribution in [2.45, 2.75) is 29.1 Å². The summed E-state index contributed by atoms with van der Waals surface area (Å²) < 4.78 is 20.4. The predicted octanol–water partition coefficient (Wildman–Crippen LogP) is 2.57. The number of aromatic nitrogens is 2. The summed E-state index contributed by atoms with van der Waals surface area (Å²) in [6.45, 7) is -0.610. The fourth-order valence-corrected chi connectivity index (χ4v) is 6.55. The van der Waals surface area contributed by atoms with Gasteiger partial charge >= 0.3 is 5.69 Å². The number of aliphatic hydroxyl groups is 2. The van der Waals surface area contributed by atoms with Crippen molar-refractivity contribution < 1.29 is 24.4 Å². The van der Waals surface area contributed by atoms with Crippen LogP contribution >= 0.6 is 22.6 Å². The lowest BCUT2D eigenvalue weighted by molar-refractivity contribution is -0.339. The topological polar surface area (TPSA) is 123 Å². The zero-order valence-corrected chi connectivity index (χ0v) is 24.0. The molecule has 1 saturated heterocycles. The summed E-state index contributed by atoms with van der Waals surface area (Å²) in [5.74, 6) is -2.09. The van der Waals surface area contributed by atoms with Crippen LogP contribution in [0.15, 0.2) is 107 Å². The first-order valence-corrected chi connectivity index (χ1v) is 13.7. The average Bonchev–Trinajstić information content (AvgIpc) is 3.25. The predicted molar refractivity (Wildman–Crippen MR) is 156 cm³/mol. The largest absolute Gasteiger partial charge is 0.394 e. The number of aromatic amines is 1. The maximum absolute atomic E-state index is 13.9. The maximum atomic E-state index is 13.9. The van der Waals surface area contributed by atoms with Crippen LogP contribution in [0, 0.1) is 3.57 Å². The van der Waals surface area contributed by atoms with Gasteiger partial charge < -0.3 is 24.4 Å². The summed E-state index contributed by atoms with van der Waals surface area (Å²) in [6.07, 6.45) is -1.45. The van der Waals surface area contributed by atoms with Crippen molar-refractivity contribution in [3.05, 3.63) is 138 Å². The van der Waals surface area contributed by atoms with Gasteiger partial charge in [-0.05, 0) is 39.3 Å². The molecular weight excluding hydrogens is 627 g/mol. The molecule has 1 aromatic heterocycles. The van der Waals surface area contributed by atoms with Crippen molar-refractivity contribution in [3.8, 4) is 0 Å². The quantitative estimate of drug-likeness (QED) is 0.152. The van der Waals surface area contributed by atoms with Crippen molar-refractivity contribution in [3.63, 3.8) is 0 Å². The minimum absolute atomic E-state index is 0.186. The molecule has 0 unspecified atom stereocenters. The van der Waals surface area contributed by atoms with E-state index in [9.17, 15) is 19.8 Å². The molecule has 3 atom stereocenters. The number of benzene rings is 3. The smallest absolute Gasteiger partial charge is 0.330 e. The van der Waals surface area contributed by atoms with Gasteiger partial charge in [0, 0.05) is 20.4 Å². The van der Waals surface area contributed by atoms with E-state index in [2.05, 4.69) is 4.98 Å². The van der Waals surface area contributed by atoms with Gasteiger partial charge in [-0.1, -0.05) is 91.0 Å². The Bertz CT molecular complexity index is 1480. The number of H-pyrrole nitrogens is 1. The third-order valence-corrected chi connectivity index (χ3v) is 8.46. The van der Waals surface area contributed by atoms with Crippen LogP contribution in [0.4, 0.5) is 0 Å². The minimum Gasteiger partial charge on any atom is -0.394 e. The summed E-state index contributed by atoms with van der Waals surface area (Å²) in [5, 5.41) is 22.2. The Kier molecular flexibility index (Phi) is 7.83. The Morgan fingerprint density at radius 1 is 0.900 bits per heavy atom. The minimum atomic E-state index is -2.09. The Morgan fingerprint density at radius 2 is 1.35 bits per heavy atom. The average molecular weight is 656 g/mol. The molecule has 4 aromatic rings. The third kappa shape index (κ3) is 3.85. The second kappa shape index (κ2) is 11.0. The number of hydrogen-bond acceptors (Lipinski definition) is 7. The van der Waals surface area contributed by atoms with Gasteiger partial charge in [-0.25, -0.2) is 4.79 Å². The molecule has 0 bridgehead atoms. The molecule has 9 nitrogen and oxygen atoms in total. The molecule has 2 heterocycles. The number of aliphatic hydroxyl groups excluding tert-OH is 2. The fourth-order valence-electron chi connectivity index (χ4n) is 6.14. The highest BCUT2D eigenvalue weighted by Gasteiger charge is 2.78. The van der Waals surface area contributed by atoms with Crippen LogP contribution in [0.3, 0.4) is 0 Å². The second-order valence-electron chi connectivity index (χ2n) is 9.46. The molecule has 40 heavy (non-hydrogen) atoms. The highest BCUT2D eigenvalue weighted by atomic mass is 127. The van der Waals surface area contributed by atoms with Gasteiger partial charge in [-0.2, -0.15) is 0 Å². The molecule has 10 heteroatoms. The van der Waals surface area contributed by atoms with Crippen LogP contribution in [0.25, 0.3) is 0 Å². The number of rotatable bonds is 8. The molecule has 0 amide bonds. The Labute approximate surface area is 244 Å². The molecular formula is C30H29IN2O7. The lowest BCUT2D eigenvalue weighted by Gasteiger charge is -2.55. The van der Waals surface area contributed by atoms with Crippen LogP contribution in [-0.2, 0) is 25.4 Å². The van der Waals surface area contributed by atoms with Crippen LogP contribution in [0.1, 0.15) is 16.7 Å². The van der Waals surface area contributed by atoms with Crippen LogP contribution < -0.4 is 11.2 Å². The van der Waals surface area contributed by atoms with E-state index in [0.717, 1.165) is 0 Å². The van der Waals surface area contributed by atoms with Crippen molar-refractivity contribution in [1.82, 2.24) is 9.55 Å². The van der Waals surface area contributed by atoms with Gasteiger partial charge in [-0.3, -0.25) is 14.3 Å². The van der Waals surface area contributed by atoms with Gasteiger partial charge in [0.1, 0.15) is 12.2 Å². The van der Waals surface area contributed by atoms with Gasteiger partial charge in [0.25, 0.3) is 5.56 Å². The summed E-state index contributed by atoms with van der Waals surface area (Å²) in [4.78, 5) is 28.9. The van der Waals surface area contributed by atoms with Crippen LogP contribution in [0.5, 0.6) is 0 Å². The molecule has 3 N–H and O–H groups in total. The number of hydrogen-bond donors (Lipinski definition) is 3. The standard InChI is InChI=1S/C30H29IN2O7/c1-38-29(39-2)25(35)24(19-34)40-30(29,33-18-23(31)26(36)32-27(33)37)28(20-12-6-3-7-13-20,21-14-8-4-9-15-21)22-16-10-5-11-17-22/h3-18,24-25,34-35H,19H2,1-2H3,(H,32,36,37)/t24-,25-,30-/m1/s1. The SMILES string of the molecule is COC1(OC)[C@H](O)[C@@H](CO)O[C@]1(n1cc(I)c(=O)[nH]c1=O)C(c1ccccc1)(c1ccccc1)c1ccccc1. The van der Waals surface area contributed by atoms with Crippen molar-refractivity contribution in [1.29, 1.82) is 0 Å². The highest BCUT2D eigenvalue weighted by molar-refractivity contribution is 14.1. The van der Waals surface area contributed by atoms with E-state index in [-0.39, 0.29) is 3.57 Å². The molecule has 1 aliphatic rings. The number of halogens is 1. The highest BCUT2D eigenvalue weighted by Crippen LogP contribution is 2.61. The first-order valence-electron chi connectivity index (χ1n) is 12.6. The summed E-state index contributed by atoms with van der Waals surface area (Å²) in [7, 11) is 2.69. The van der Waals surface area contributed by atoms with Gasteiger partial charge in [0.05, 0.1) is 15.6 Å². The van der Waals surface area contributed by atoms with E-state index in [1.54, 1.807) is 0 Å². The lowest BCUT2D eigenvalue weighted by Crippen LogP contribution is -2.71. The summed E-state index contributed by atoms with van der Waals surface area (Å²) >= 11 is 1.84. The van der Waals surface area contributed by atoms with Crippen molar-refractivity contribution >= 4 is 22.6 Å². The zero-order chi connectivity index (χ0) is 28.5. The number of ether oxygens (including phenoxy) is 3. The first kappa shape index (κ1) is 28.4. The number of nitrogens with zero attached hydrogens (tertiary/aromatic N) is 1. The molecule has 1 fully saturated rings. The monoisotopic (exact) mass is 656 g/mol. The number of nitrogens with one attached hydrogen (secondary N) is 1. The van der Waals surface area contributed by atoms with Gasteiger partial charge in [0.15, 0.2) is 0 Å². The summed E-state index contributed by atoms with van der Waals surface area (Å²) in [6, 6.07) is 28.1. The third-order valence-electron chi connectivity index (χ3n) is 7.69. The van der Waals surface area contributed by atoms with Gasteiger partial charge in [-0.15, -0.1) is 0 Å². The normalized spacial score (nSPS) is 22.3. The van der Waals surface area contributed by atoms with Gasteiger partial charge in [0.2, 0.25) is 11.5 Å². The molecule has 0 saturated carbocycles. The van der Waals surface area contributed by atoms with Crippen LogP contribution in [-0.4, -0.2) is 58.6 Å². The molecule has 0 spiro atoms. The Hall–Kier alpha value is -3.13.